The van der Waals surface area contributed by atoms with Crippen molar-refractivity contribution in [2.24, 2.45) is 23.2 Å². The largest absolute Gasteiger partial charge is 0.417 e. The summed E-state index contributed by atoms with van der Waals surface area (Å²) in [5, 5.41) is 7.88. The molecule has 1 amide bonds. The maximum atomic E-state index is 14.1. The Kier molecular flexibility index (Phi) is 6.12. The molecule has 2 aromatic rings. The quantitative estimate of drug-likeness (QED) is 0.676. The molecule has 2 aliphatic heterocycles. The number of hydrogen-bond acceptors (Lipinski definition) is 5. The summed E-state index contributed by atoms with van der Waals surface area (Å²) in [5.41, 5.74) is -0.171. The number of hydrogen-bond donors (Lipinski definition) is 1. The summed E-state index contributed by atoms with van der Waals surface area (Å²) in [4.78, 5) is 32.6. The molecule has 2 saturated carbocycles. The van der Waals surface area contributed by atoms with Crippen molar-refractivity contribution < 1.29 is 18.0 Å². The first-order valence-corrected chi connectivity index (χ1v) is 13.4. The summed E-state index contributed by atoms with van der Waals surface area (Å²) in [5.74, 6) is 0.860. The number of aromatic nitrogens is 3. The highest BCUT2D eigenvalue weighted by atomic mass is 19.4. The predicted octanol–water partition coefficient (Wildman–Crippen LogP) is 3.59. The number of rotatable bonds is 3. The molecule has 1 N–H and O–H groups in total. The maximum Gasteiger partial charge on any atom is 0.417 e. The van der Waals surface area contributed by atoms with E-state index in [1.54, 1.807) is 27.9 Å². The summed E-state index contributed by atoms with van der Waals surface area (Å²) < 4.78 is 41.5. The van der Waals surface area contributed by atoms with Crippen LogP contribution < -0.4 is 10.9 Å². The summed E-state index contributed by atoms with van der Waals surface area (Å²) in [7, 11) is 0. The number of fused-ring (bicyclic) bond motifs is 2. The van der Waals surface area contributed by atoms with Crippen LogP contribution in [0.1, 0.15) is 61.4 Å². The Hall–Kier alpha value is -2.75. The number of piperidine rings is 1. The lowest BCUT2D eigenvalue weighted by Gasteiger charge is -2.39. The first kappa shape index (κ1) is 24.6. The van der Waals surface area contributed by atoms with Gasteiger partial charge in [0.15, 0.2) is 0 Å². The van der Waals surface area contributed by atoms with Crippen LogP contribution in [0.25, 0.3) is 0 Å². The molecule has 7 nitrogen and oxygen atoms in total. The number of nitrogens with zero attached hydrogens (tertiary/aromatic N) is 4. The van der Waals surface area contributed by atoms with E-state index in [1.165, 1.54) is 0 Å². The van der Waals surface area contributed by atoms with Crippen LogP contribution in [0.15, 0.2) is 35.4 Å². The standard InChI is InChI=1S/C27H32F3N5O2/c28-27(29,30)20-12-18-16-34(10-6-22(18)32-14-20)25(37)26-7-1-3-19(26)11-17(13-26)21-15-31-9-5-23(21)35-24(36)4-2-8-33-35/h2,4,8,12,14,17,19,21,23,31H,1,3,5-7,9-11,13,15-16H2/t17-,19+,21?,23?,26+/m0/s1. The Morgan fingerprint density at radius 1 is 1.24 bits per heavy atom. The minimum atomic E-state index is -4.46. The molecule has 0 radical (unpaired) electrons. The van der Waals surface area contributed by atoms with Crippen molar-refractivity contribution in [2.75, 3.05) is 19.6 Å². The number of halogens is 3. The lowest BCUT2D eigenvalue weighted by atomic mass is 9.76. The Balaban J connectivity index is 1.24. The van der Waals surface area contributed by atoms with E-state index in [1.807, 2.05) is 0 Å². The van der Waals surface area contributed by atoms with E-state index in [2.05, 4.69) is 15.4 Å². The van der Waals surface area contributed by atoms with Crippen LogP contribution in [0, 0.1) is 23.2 Å². The predicted molar refractivity (Wildman–Crippen MR) is 129 cm³/mol. The molecule has 37 heavy (non-hydrogen) atoms. The zero-order valence-corrected chi connectivity index (χ0v) is 20.7. The number of pyridine rings is 1. The van der Waals surface area contributed by atoms with Gasteiger partial charge in [-0.15, -0.1) is 0 Å². The van der Waals surface area contributed by atoms with Gasteiger partial charge in [0, 0.05) is 50.2 Å². The van der Waals surface area contributed by atoms with Crippen molar-refractivity contribution in [3.05, 3.63) is 57.8 Å². The van der Waals surface area contributed by atoms with Crippen molar-refractivity contribution in [3.8, 4) is 0 Å². The molecule has 2 unspecified atom stereocenters. The van der Waals surface area contributed by atoms with Crippen LogP contribution >= 0.6 is 0 Å². The fraction of sp³-hybridized carbons (Fsp3) is 0.630. The lowest BCUT2D eigenvalue weighted by molar-refractivity contribution is -0.144. The van der Waals surface area contributed by atoms with Gasteiger partial charge in [-0.25, -0.2) is 4.68 Å². The van der Waals surface area contributed by atoms with E-state index in [0.717, 1.165) is 63.9 Å². The third-order valence-electron chi connectivity index (χ3n) is 9.40. The van der Waals surface area contributed by atoms with Gasteiger partial charge in [-0.05, 0) is 74.1 Å². The van der Waals surface area contributed by atoms with Crippen molar-refractivity contribution >= 4 is 5.91 Å². The topological polar surface area (TPSA) is 80.1 Å². The fourth-order valence-electron chi connectivity index (χ4n) is 7.71. The van der Waals surface area contributed by atoms with Crippen LogP contribution in [-0.2, 0) is 23.9 Å². The zero-order chi connectivity index (χ0) is 25.8. The van der Waals surface area contributed by atoms with E-state index in [-0.39, 0.29) is 41.8 Å². The highest BCUT2D eigenvalue weighted by Crippen LogP contribution is 2.60. The Morgan fingerprint density at radius 2 is 2.11 bits per heavy atom. The molecule has 3 fully saturated rings. The molecule has 198 valence electrons. The van der Waals surface area contributed by atoms with E-state index in [9.17, 15) is 22.8 Å². The molecule has 6 rings (SSSR count). The summed E-state index contributed by atoms with van der Waals surface area (Å²) >= 11 is 0. The molecular formula is C27H32F3N5O2. The molecule has 4 aliphatic rings. The third-order valence-corrected chi connectivity index (χ3v) is 9.40. The molecule has 5 atom stereocenters. The first-order valence-electron chi connectivity index (χ1n) is 13.4. The van der Waals surface area contributed by atoms with E-state index in [4.69, 9.17) is 0 Å². The smallest absolute Gasteiger partial charge is 0.337 e. The molecule has 0 aromatic carbocycles. The number of carbonyl (C=O) groups excluding carboxylic acids is 1. The molecule has 1 saturated heterocycles. The molecule has 2 aromatic heterocycles. The van der Waals surface area contributed by atoms with E-state index >= 15 is 0 Å². The Bertz CT molecular complexity index is 1250. The number of alkyl halides is 3. The van der Waals surface area contributed by atoms with Gasteiger partial charge in [0.05, 0.1) is 17.0 Å². The molecule has 4 heterocycles. The fourth-order valence-corrected chi connectivity index (χ4v) is 7.71. The summed E-state index contributed by atoms with van der Waals surface area (Å²) in [6, 6.07) is 4.37. The van der Waals surface area contributed by atoms with Gasteiger partial charge in [0.1, 0.15) is 0 Å². The molecular weight excluding hydrogens is 483 g/mol. The van der Waals surface area contributed by atoms with Crippen molar-refractivity contribution in [2.45, 2.75) is 63.7 Å². The second-order valence-electron chi connectivity index (χ2n) is 11.3. The third kappa shape index (κ3) is 4.27. The minimum Gasteiger partial charge on any atom is -0.337 e. The Labute approximate surface area is 213 Å². The SMILES string of the molecule is O=C(N1CCc2ncc(C(F)(F)F)cc2C1)[C@@]12CCC[C@@H]1C[C@H](C1CNCCC1n1ncccc1=O)C2. The van der Waals surface area contributed by atoms with Crippen LogP contribution in [0.5, 0.6) is 0 Å². The molecule has 0 bridgehead atoms. The van der Waals surface area contributed by atoms with Gasteiger partial charge in [0.25, 0.3) is 5.56 Å². The minimum absolute atomic E-state index is 0.000318. The van der Waals surface area contributed by atoms with Gasteiger partial charge in [0.2, 0.25) is 5.91 Å². The van der Waals surface area contributed by atoms with E-state index < -0.39 is 17.2 Å². The molecule has 10 heteroatoms. The van der Waals surface area contributed by atoms with Crippen molar-refractivity contribution in [3.63, 3.8) is 0 Å². The van der Waals surface area contributed by atoms with Gasteiger partial charge in [-0.1, -0.05) is 6.42 Å². The second-order valence-corrected chi connectivity index (χ2v) is 11.3. The van der Waals surface area contributed by atoms with Crippen molar-refractivity contribution in [1.82, 2.24) is 25.0 Å². The van der Waals surface area contributed by atoms with Crippen LogP contribution in [-0.4, -0.2) is 45.2 Å². The lowest BCUT2D eigenvalue weighted by Crippen LogP contribution is -2.47. The van der Waals surface area contributed by atoms with Crippen LogP contribution in [0.3, 0.4) is 0 Å². The second kappa shape index (κ2) is 9.22. The highest BCUT2D eigenvalue weighted by Gasteiger charge is 2.58. The number of carbonyl (C=O) groups is 1. The van der Waals surface area contributed by atoms with Crippen LogP contribution in [0.2, 0.25) is 0 Å². The number of nitrogens with one attached hydrogen (secondary N) is 1. The first-order chi connectivity index (χ1) is 17.8. The van der Waals surface area contributed by atoms with Gasteiger partial charge >= 0.3 is 6.18 Å². The highest BCUT2D eigenvalue weighted by molar-refractivity contribution is 5.84. The molecule has 2 aliphatic carbocycles. The number of amides is 1. The monoisotopic (exact) mass is 515 g/mol. The summed E-state index contributed by atoms with van der Waals surface area (Å²) in [6.45, 7) is 2.28. The van der Waals surface area contributed by atoms with Gasteiger partial charge in [-0.3, -0.25) is 14.6 Å². The normalized spacial score (nSPS) is 31.7. The van der Waals surface area contributed by atoms with E-state index in [0.29, 0.717) is 24.2 Å². The molecule has 0 spiro atoms. The maximum absolute atomic E-state index is 14.1. The average Bonchev–Trinajstić information content (AvgIpc) is 3.46. The summed E-state index contributed by atoms with van der Waals surface area (Å²) in [6.07, 6.45) is 3.93. The zero-order valence-electron chi connectivity index (χ0n) is 20.7. The van der Waals surface area contributed by atoms with Crippen LogP contribution in [0.4, 0.5) is 13.2 Å². The van der Waals surface area contributed by atoms with Gasteiger partial charge in [-0.2, -0.15) is 18.3 Å². The van der Waals surface area contributed by atoms with Crippen molar-refractivity contribution in [1.29, 1.82) is 0 Å². The Morgan fingerprint density at radius 3 is 2.92 bits per heavy atom. The van der Waals surface area contributed by atoms with Gasteiger partial charge < -0.3 is 10.2 Å². The average molecular weight is 516 g/mol.